The lowest BCUT2D eigenvalue weighted by molar-refractivity contribution is 0.210. The second kappa shape index (κ2) is 8.24. The first kappa shape index (κ1) is 16.9. The smallest absolute Gasteiger partial charge is 0.161 e. The number of benzene rings is 2. The minimum absolute atomic E-state index is 0.272. The molecule has 2 aromatic rings. The van der Waals surface area contributed by atoms with Gasteiger partial charge in [-0.2, -0.15) is 0 Å². The van der Waals surface area contributed by atoms with Gasteiger partial charge in [0.25, 0.3) is 0 Å². The van der Waals surface area contributed by atoms with E-state index in [2.05, 4.69) is 0 Å². The summed E-state index contributed by atoms with van der Waals surface area (Å²) in [6.45, 7) is 0.690. The van der Waals surface area contributed by atoms with Crippen molar-refractivity contribution in [2.75, 3.05) is 27.4 Å². The molecule has 0 aliphatic rings. The Bertz CT molecular complexity index is 675. The Kier molecular flexibility index (Phi) is 6.05. The molecule has 0 amide bonds. The van der Waals surface area contributed by atoms with Crippen LogP contribution < -0.4 is 24.7 Å². The van der Waals surface area contributed by atoms with Crippen LogP contribution in [0.2, 0.25) is 0 Å². The second-order valence-corrected chi connectivity index (χ2v) is 5.01. The van der Waals surface area contributed by atoms with Crippen molar-refractivity contribution >= 4 is 17.2 Å². The quantitative estimate of drug-likeness (QED) is 0.592. The van der Waals surface area contributed by atoms with Gasteiger partial charge in [-0.15, -0.1) is 0 Å². The third-order valence-electron chi connectivity index (χ3n) is 3.12. The van der Waals surface area contributed by atoms with Crippen molar-refractivity contribution in [3.63, 3.8) is 0 Å². The lowest BCUT2D eigenvalue weighted by atomic mass is 10.2. The van der Waals surface area contributed by atoms with Gasteiger partial charge in [0.2, 0.25) is 0 Å². The summed E-state index contributed by atoms with van der Waals surface area (Å²) in [5.74, 6) is 2.59. The van der Waals surface area contributed by atoms with Crippen molar-refractivity contribution in [2.45, 2.75) is 0 Å². The van der Waals surface area contributed by atoms with E-state index < -0.39 is 0 Å². The van der Waals surface area contributed by atoms with Gasteiger partial charge in [0.05, 0.1) is 19.8 Å². The van der Waals surface area contributed by atoms with E-state index in [1.165, 1.54) is 0 Å². The average molecular weight is 333 g/mol. The predicted octanol–water partition coefficient (Wildman–Crippen LogP) is 2.80. The SMILES string of the molecule is COc1ccc(C(N)=S)c(OCCOc2ccccc2OC)c1. The number of rotatable bonds is 8. The van der Waals surface area contributed by atoms with Crippen LogP contribution in [-0.2, 0) is 0 Å². The van der Waals surface area contributed by atoms with Crippen LogP contribution >= 0.6 is 12.2 Å². The van der Waals surface area contributed by atoms with Crippen molar-refractivity contribution in [3.8, 4) is 23.0 Å². The Morgan fingerprint density at radius 1 is 0.913 bits per heavy atom. The molecule has 0 fully saturated rings. The molecule has 0 aliphatic heterocycles. The van der Waals surface area contributed by atoms with Crippen LogP contribution in [0.5, 0.6) is 23.0 Å². The standard InChI is InChI=1S/C17H19NO4S/c1-19-12-7-8-13(17(18)23)16(11-12)22-10-9-21-15-6-4-3-5-14(15)20-2/h3-8,11H,9-10H2,1-2H3,(H2,18,23). The average Bonchev–Trinajstić information content (AvgIpc) is 2.58. The van der Waals surface area contributed by atoms with E-state index in [-0.39, 0.29) is 4.99 Å². The lowest BCUT2D eigenvalue weighted by Gasteiger charge is -2.13. The maximum atomic E-state index is 5.72. The monoisotopic (exact) mass is 333 g/mol. The fourth-order valence-electron chi connectivity index (χ4n) is 1.99. The summed E-state index contributed by atoms with van der Waals surface area (Å²) in [4.78, 5) is 0.272. The molecule has 0 aromatic heterocycles. The first-order valence-corrected chi connectivity index (χ1v) is 7.43. The van der Waals surface area contributed by atoms with E-state index in [9.17, 15) is 0 Å². The van der Waals surface area contributed by atoms with Crippen molar-refractivity contribution in [2.24, 2.45) is 5.73 Å². The molecule has 0 aliphatic carbocycles. The Morgan fingerprint density at radius 3 is 2.17 bits per heavy atom. The van der Waals surface area contributed by atoms with Gasteiger partial charge in [-0.3, -0.25) is 0 Å². The zero-order chi connectivity index (χ0) is 16.7. The molecule has 2 aromatic carbocycles. The van der Waals surface area contributed by atoms with Crippen molar-refractivity contribution in [1.29, 1.82) is 0 Å². The largest absolute Gasteiger partial charge is 0.497 e. The second-order valence-electron chi connectivity index (χ2n) is 4.57. The third kappa shape index (κ3) is 4.50. The normalized spacial score (nSPS) is 10.0. The number of methoxy groups -OCH3 is 2. The first-order valence-electron chi connectivity index (χ1n) is 7.02. The Balaban J connectivity index is 1.97. The predicted molar refractivity (Wildman–Crippen MR) is 92.9 cm³/mol. The Hall–Kier alpha value is -2.47. The molecule has 0 heterocycles. The first-order chi connectivity index (χ1) is 11.2. The molecule has 0 unspecified atom stereocenters. The summed E-state index contributed by atoms with van der Waals surface area (Å²) in [7, 11) is 3.19. The fraction of sp³-hybridized carbons (Fsp3) is 0.235. The molecular formula is C17H19NO4S. The van der Waals surface area contributed by atoms with E-state index in [1.807, 2.05) is 24.3 Å². The third-order valence-corrected chi connectivity index (χ3v) is 3.34. The van der Waals surface area contributed by atoms with Gasteiger partial charge in [0.1, 0.15) is 29.7 Å². The van der Waals surface area contributed by atoms with Crippen LogP contribution in [0.15, 0.2) is 42.5 Å². The van der Waals surface area contributed by atoms with Gasteiger partial charge in [-0.1, -0.05) is 24.4 Å². The topological polar surface area (TPSA) is 62.9 Å². The number of nitrogens with two attached hydrogens (primary N) is 1. The minimum Gasteiger partial charge on any atom is -0.497 e. The zero-order valence-electron chi connectivity index (χ0n) is 13.1. The summed E-state index contributed by atoms with van der Waals surface area (Å²) in [5, 5.41) is 0. The van der Waals surface area contributed by atoms with E-state index in [4.69, 9.17) is 36.9 Å². The van der Waals surface area contributed by atoms with Gasteiger partial charge in [-0.25, -0.2) is 0 Å². The van der Waals surface area contributed by atoms with Gasteiger partial charge in [0.15, 0.2) is 11.5 Å². The maximum absolute atomic E-state index is 5.72. The molecular weight excluding hydrogens is 314 g/mol. The van der Waals surface area contributed by atoms with Crippen LogP contribution in [0, 0.1) is 0 Å². The van der Waals surface area contributed by atoms with Gasteiger partial charge >= 0.3 is 0 Å². The van der Waals surface area contributed by atoms with Gasteiger partial charge in [-0.05, 0) is 24.3 Å². The molecule has 0 saturated carbocycles. The highest BCUT2D eigenvalue weighted by molar-refractivity contribution is 7.80. The molecule has 0 radical (unpaired) electrons. The van der Waals surface area contributed by atoms with Crippen molar-refractivity contribution in [1.82, 2.24) is 0 Å². The van der Waals surface area contributed by atoms with Crippen LogP contribution in [0.3, 0.4) is 0 Å². The molecule has 2 rings (SSSR count). The van der Waals surface area contributed by atoms with E-state index in [0.29, 0.717) is 41.8 Å². The number of hydrogen-bond donors (Lipinski definition) is 1. The molecule has 0 bridgehead atoms. The summed E-state index contributed by atoms with van der Waals surface area (Å²) in [6, 6.07) is 12.7. The fourth-order valence-corrected chi connectivity index (χ4v) is 2.16. The highest BCUT2D eigenvalue weighted by Crippen LogP contribution is 2.27. The molecule has 0 atom stereocenters. The summed E-state index contributed by atoms with van der Waals surface area (Å²) in [6.07, 6.45) is 0. The maximum Gasteiger partial charge on any atom is 0.161 e. The summed E-state index contributed by atoms with van der Waals surface area (Å²) >= 11 is 5.03. The highest BCUT2D eigenvalue weighted by atomic mass is 32.1. The van der Waals surface area contributed by atoms with Crippen LogP contribution in [-0.4, -0.2) is 32.4 Å². The van der Waals surface area contributed by atoms with Gasteiger partial charge < -0.3 is 24.7 Å². The van der Waals surface area contributed by atoms with E-state index in [1.54, 1.807) is 32.4 Å². The highest BCUT2D eigenvalue weighted by Gasteiger charge is 2.09. The molecule has 0 spiro atoms. The number of thiocarbonyl (C=S) groups is 1. The lowest BCUT2D eigenvalue weighted by Crippen LogP contribution is -2.15. The Labute approximate surface area is 140 Å². The molecule has 0 saturated heterocycles. The van der Waals surface area contributed by atoms with E-state index in [0.717, 1.165) is 0 Å². The molecule has 23 heavy (non-hydrogen) atoms. The Morgan fingerprint density at radius 2 is 1.57 bits per heavy atom. The van der Waals surface area contributed by atoms with Crippen molar-refractivity contribution < 1.29 is 18.9 Å². The zero-order valence-corrected chi connectivity index (χ0v) is 13.9. The number of para-hydroxylation sites is 2. The van der Waals surface area contributed by atoms with Crippen molar-refractivity contribution in [3.05, 3.63) is 48.0 Å². The molecule has 122 valence electrons. The van der Waals surface area contributed by atoms with Crippen LogP contribution in [0.4, 0.5) is 0 Å². The summed E-state index contributed by atoms with van der Waals surface area (Å²) < 4.78 is 21.8. The van der Waals surface area contributed by atoms with Crippen LogP contribution in [0.1, 0.15) is 5.56 Å². The van der Waals surface area contributed by atoms with E-state index >= 15 is 0 Å². The molecule has 6 heteroatoms. The summed E-state index contributed by atoms with van der Waals surface area (Å²) in [5.41, 5.74) is 6.37. The minimum atomic E-state index is 0.272. The number of hydrogen-bond acceptors (Lipinski definition) is 5. The van der Waals surface area contributed by atoms with Gasteiger partial charge in [0, 0.05) is 6.07 Å². The van der Waals surface area contributed by atoms with Crippen LogP contribution in [0.25, 0.3) is 0 Å². The molecule has 2 N–H and O–H groups in total. The number of ether oxygens (including phenoxy) is 4. The molecule has 5 nitrogen and oxygen atoms in total.